The largest absolute Gasteiger partial charge is 3.00 e. The van der Waals surface area contributed by atoms with Crippen LogP contribution in [0.5, 0.6) is 0 Å². The van der Waals surface area contributed by atoms with Crippen molar-refractivity contribution in [1.29, 1.82) is 0 Å². The van der Waals surface area contributed by atoms with Gasteiger partial charge in [0.15, 0.2) is 0 Å². The van der Waals surface area contributed by atoms with Gasteiger partial charge in [-0.3, -0.25) is 0 Å². The molecule has 2 rings (SSSR count). The van der Waals surface area contributed by atoms with E-state index < -0.39 is 29.3 Å². The fourth-order valence-corrected chi connectivity index (χ4v) is 0.710. The maximum Gasteiger partial charge on any atom is 3.00 e. The molecule has 2 heterocycles. The molecule has 7 nitrogen and oxygen atoms in total. The first-order valence-corrected chi connectivity index (χ1v) is 2.83. The van der Waals surface area contributed by atoms with E-state index in [0.29, 0.717) is 0 Å². The van der Waals surface area contributed by atoms with Gasteiger partial charge in [0.1, 0.15) is 0 Å². The molecule has 2 fully saturated rings. The first kappa shape index (κ1) is 15.1. The summed E-state index contributed by atoms with van der Waals surface area (Å²) in [6, 6.07) is 0. The fraction of sp³-hybridized carbons (Fsp3) is 0. The summed E-state index contributed by atoms with van der Waals surface area (Å²) in [7, 11) is -6.00. The smallest absolute Gasteiger partial charge is 0.833 e. The Morgan fingerprint density at radius 3 is 1.31 bits per heavy atom. The topological polar surface area (TPSA) is 92.3 Å². The summed E-state index contributed by atoms with van der Waals surface area (Å²) in [5, 5.41) is 21.0. The minimum absolute atomic E-state index is 0. The maximum atomic E-state index is 10.5. The van der Waals surface area contributed by atoms with Crippen LogP contribution in [0.3, 0.4) is 0 Å². The molecule has 0 aromatic carbocycles. The van der Waals surface area contributed by atoms with Crippen LogP contribution in [0.25, 0.3) is 0 Å². The third-order valence-electron chi connectivity index (χ3n) is 1.11. The van der Waals surface area contributed by atoms with Crippen LogP contribution in [0.1, 0.15) is 0 Å². The predicted molar refractivity (Wildman–Crippen MR) is 34.2 cm³/mol. The predicted octanol–water partition coefficient (Wildman–Crippen LogP) is -7.62. The van der Waals surface area contributed by atoms with E-state index in [0.717, 1.165) is 0 Å². The summed E-state index contributed by atoms with van der Waals surface area (Å²) in [6.07, 6.45) is 0. The second-order valence-electron chi connectivity index (χ2n) is 1.84. The van der Waals surface area contributed by atoms with Gasteiger partial charge in [0.2, 0.25) is 0 Å². The van der Waals surface area contributed by atoms with Crippen molar-refractivity contribution in [2.75, 3.05) is 0 Å². The van der Waals surface area contributed by atoms with Crippen molar-refractivity contribution in [3.63, 3.8) is 0 Å². The Labute approximate surface area is 129 Å². The van der Waals surface area contributed by atoms with Crippen molar-refractivity contribution in [3.05, 3.63) is 0 Å². The van der Waals surface area contributed by atoms with Crippen LogP contribution in [-0.4, -0.2) is 46.6 Å². The third kappa shape index (κ3) is 4.26. The summed E-state index contributed by atoms with van der Waals surface area (Å²) >= 11 is 0. The van der Waals surface area contributed by atoms with E-state index in [1.165, 1.54) is 0 Å². The van der Waals surface area contributed by atoms with Crippen molar-refractivity contribution in [3.8, 4) is 0 Å². The molecule has 0 spiro atoms. The van der Waals surface area contributed by atoms with Crippen molar-refractivity contribution >= 4 is 46.6 Å². The number of rotatable bonds is 0. The SMILES string of the molecule is [Al+3].[K+].[O-]B1OB2OB([O-])OB(O1)O2. The van der Waals surface area contributed by atoms with E-state index in [-0.39, 0.29) is 68.7 Å². The Morgan fingerprint density at radius 2 is 1.00 bits per heavy atom. The molecule has 56 valence electrons. The molecule has 2 aliphatic rings. The number of hydrogen-bond acceptors (Lipinski definition) is 7. The van der Waals surface area contributed by atoms with Gasteiger partial charge in [-0.25, -0.2) is 0 Å². The zero-order valence-corrected chi connectivity index (χ0v) is 11.0. The van der Waals surface area contributed by atoms with E-state index >= 15 is 0 Å². The van der Waals surface area contributed by atoms with Crippen LogP contribution in [0, 0.1) is 0 Å². The molecule has 0 saturated carbocycles. The number of fused-ring (bicyclic) bond motifs is 2. The Hall–Kier alpha value is 2.15. The van der Waals surface area contributed by atoms with Crippen LogP contribution in [0.15, 0.2) is 0 Å². The van der Waals surface area contributed by atoms with Crippen LogP contribution in [-0.2, 0) is 22.9 Å². The third-order valence-corrected chi connectivity index (χ3v) is 1.11. The molecule has 0 atom stereocenters. The summed E-state index contributed by atoms with van der Waals surface area (Å²) in [6.45, 7) is 0. The van der Waals surface area contributed by atoms with Crippen molar-refractivity contribution in [1.82, 2.24) is 0 Å². The molecular formula is AlB4KO7+2. The summed E-state index contributed by atoms with van der Waals surface area (Å²) in [5.41, 5.74) is 0. The van der Waals surface area contributed by atoms with Crippen LogP contribution < -0.4 is 61.4 Å². The molecule has 2 saturated heterocycles. The minimum atomic E-state index is -1.73. The van der Waals surface area contributed by atoms with Gasteiger partial charge in [0.05, 0.1) is 0 Å². The fourth-order valence-electron chi connectivity index (χ4n) is 0.710. The maximum absolute atomic E-state index is 10.5. The number of hydrogen-bond donors (Lipinski definition) is 0. The Balaban J connectivity index is 0.000000720. The van der Waals surface area contributed by atoms with E-state index in [1.54, 1.807) is 0 Å². The zero-order chi connectivity index (χ0) is 7.84. The molecule has 0 aromatic rings. The van der Waals surface area contributed by atoms with Gasteiger partial charge in [-0.2, -0.15) is 0 Å². The molecular weight excluding hydrogens is 221 g/mol. The standard InChI is InChI=1S/Al.B4O7.K/c;5-1-7-3-9-2(6)10-4(8-1)11-3;/q+3;-2;+1. The molecule has 2 bridgehead atoms. The molecule has 2 aliphatic heterocycles. The summed E-state index contributed by atoms with van der Waals surface area (Å²) < 4.78 is 21.9. The van der Waals surface area contributed by atoms with Crippen molar-refractivity contribution < 1.29 is 84.3 Å². The molecule has 0 aliphatic carbocycles. The van der Waals surface area contributed by atoms with E-state index in [1.807, 2.05) is 0 Å². The second-order valence-corrected chi connectivity index (χ2v) is 1.84. The van der Waals surface area contributed by atoms with Gasteiger partial charge in [0.25, 0.3) is 0 Å². The van der Waals surface area contributed by atoms with Crippen LogP contribution in [0.2, 0.25) is 0 Å². The first-order valence-electron chi connectivity index (χ1n) is 2.83. The monoisotopic (exact) mass is 222 g/mol. The first-order chi connectivity index (χ1) is 5.24. The van der Waals surface area contributed by atoms with E-state index in [4.69, 9.17) is 0 Å². The van der Waals surface area contributed by atoms with Gasteiger partial charge >= 0.3 is 98.0 Å². The van der Waals surface area contributed by atoms with E-state index in [9.17, 15) is 10.0 Å². The van der Waals surface area contributed by atoms with Gasteiger partial charge in [0, 0.05) is 0 Å². The van der Waals surface area contributed by atoms with Gasteiger partial charge in [-0.05, 0) is 0 Å². The molecule has 13 heavy (non-hydrogen) atoms. The molecule has 0 unspecified atom stereocenters. The summed E-state index contributed by atoms with van der Waals surface area (Å²) in [5.74, 6) is 0. The van der Waals surface area contributed by atoms with Crippen molar-refractivity contribution in [2.24, 2.45) is 0 Å². The van der Waals surface area contributed by atoms with Gasteiger partial charge in [-0.15, -0.1) is 0 Å². The molecule has 0 radical (unpaired) electrons. The zero-order valence-electron chi connectivity index (χ0n) is 6.74. The Bertz CT molecular complexity index is 126. The Kier molecular flexibility index (Phi) is 7.77. The van der Waals surface area contributed by atoms with Gasteiger partial charge in [-0.1, -0.05) is 0 Å². The average molecular weight is 221 g/mol. The normalized spacial score (nSPS) is 20.8. The minimum Gasteiger partial charge on any atom is -0.833 e. The second kappa shape index (κ2) is 6.67. The van der Waals surface area contributed by atoms with Gasteiger partial charge < -0.3 is 32.9 Å². The quantitative estimate of drug-likeness (QED) is 0.375. The summed E-state index contributed by atoms with van der Waals surface area (Å²) in [4.78, 5) is 0. The molecule has 0 amide bonds. The van der Waals surface area contributed by atoms with E-state index in [2.05, 4.69) is 22.9 Å². The molecule has 0 N–H and O–H groups in total. The Morgan fingerprint density at radius 1 is 0.692 bits per heavy atom. The van der Waals surface area contributed by atoms with Crippen LogP contribution >= 0.6 is 0 Å². The van der Waals surface area contributed by atoms with Crippen LogP contribution in [0.4, 0.5) is 0 Å². The average Bonchev–Trinajstić information content (AvgIpc) is 1.82. The molecule has 13 heteroatoms. The molecule has 0 aromatic heterocycles. The van der Waals surface area contributed by atoms with Crippen molar-refractivity contribution in [2.45, 2.75) is 0 Å².